The molecule has 0 spiro atoms. The zero-order valence-corrected chi connectivity index (χ0v) is 8.34. The highest BCUT2D eigenvalue weighted by atomic mass is 35.5. The summed E-state index contributed by atoms with van der Waals surface area (Å²) < 4.78 is 36.5. The summed E-state index contributed by atoms with van der Waals surface area (Å²) in [6.07, 6.45) is -3.97. The van der Waals surface area contributed by atoms with Gasteiger partial charge in [-0.1, -0.05) is 11.6 Å². The van der Waals surface area contributed by atoms with Crippen molar-refractivity contribution in [2.24, 2.45) is 5.10 Å². The Morgan fingerprint density at radius 1 is 1.53 bits per heavy atom. The van der Waals surface area contributed by atoms with Crippen LogP contribution in [0.15, 0.2) is 11.3 Å². The number of hydrogen-bond donors (Lipinski definition) is 0. The lowest BCUT2D eigenvalue weighted by Gasteiger charge is -2.13. The number of alkyl halides is 3. The van der Waals surface area contributed by atoms with Gasteiger partial charge in [0.15, 0.2) is 16.7 Å². The van der Waals surface area contributed by atoms with Crippen LogP contribution in [0, 0.1) is 0 Å². The molecule has 0 aliphatic carbocycles. The third kappa shape index (κ3) is 2.56. The van der Waals surface area contributed by atoms with Crippen molar-refractivity contribution in [2.45, 2.75) is 6.18 Å². The maximum atomic E-state index is 12.2. The Hall–Kier alpha value is -1.37. The van der Waals surface area contributed by atoms with E-state index in [9.17, 15) is 13.2 Å². The van der Waals surface area contributed by atoms with E-state index in [2.05, 4.69) is 21.8 Å². The highest BCUT2D eigenvalue weighted by molar-refractivity contribution is 6.31. The standard InChI is InChI=1S/C7H6ClF3N4/c1-12-15(2)6-5(8)14-4(3-13-6)7(9,10)11/h3H,1H2,2H3. The highest BCUT2D eigenvalue weighted by Crippen LogP contribution is 2.30. The summed E-state index contributed by atoms with van der Waals surface area (Å²) in [5.74, 6) is 0.0136. The lowest BCUT2D eigenvalue weighted by molar-refractivity contribution is -0.141. The molecule has 1 rings (SSSR count). The molecule has 0 N–H and O–H groups in total. The molecule has 0 radical (unpaired) electrons. The van der Waals surface area contributed by atoms with Gasteiger partial charge in [0.05, 0.1) is 6.20 Å². The van der Waals surface area contributed by atoms with Crippen molar-refractivity contribution in [1.29, 1.82) is 0 Å². The van der Waals surface area contributed by atoms with Gasteiger partial charge in [-0.3, -0.25) is 0 Å². The Labute approximate surface area is 88.4 Å². The van der Waals surface area contributed by atoms with Gasteiger partial charge in [0.2, 0.25) is 0 Å². The van der Waals surface area contributed by atoms with E-state index in [4.69, 9.17) is 11.6 Å². The first-order chi connectivity index (χ1) is 6.86. The lowest BCUT2D eigenvalue weighted by Crippen LogP contribution is -2.14. The van der Waals surface area contributed by atoms with Crippen LogP contribution in [0.4, 0.5) is 19.0 Å². The van der Waals surface area contributed by atoms with E-state index >= 15 is 0 Å². The van der Waals surface area contributed by atoms with E-state index < -0.39 is 11.9 Å². The summed E-state index contributed by atoms with van der Waals surface area (Å²) >= 11 is 5.51. The first kappa shape index (κ1) is 11.7. The maximum Gasteiger partial charge on any atom is 0.434 e. The minimum absolute atomic E-state index is 0.0136. The first-order valence-corrected chi connectivity index (χ1v) is 4.04. The highest BCUT2D eigenvalue weighted by Gasteiger charge is 2.33. The number of hydrogen-bond acceptors (Lipinski definition) is 4. The van der Waals surface area contributed by atoms with Crippen molar-refractivity contribution in [3.8, 4) is 0 Å². The summed E-state index contributed by atoms with van der Waals surface area (Å²) in [4.78, 5) is 6.66. The summed E-state index contributed by atoms with van der Waals surface area (Å²) in [5.41, 5.74) is -1.14. The van der Waals surface area contributed by atoms with Crippen LogP contribution in [0.2, 0.25) is 5.15 Å². The number of halogens is 4. The average Bonchev–Trinajstić information content (AvgIpc) is 2.15. The van der Waals surface area contributed by atoms with E-state index in [1.165, 1.54) is 7.05 Å². The predicted octanol–water partition coefficient (Wildman–Crippen LogP) is 2.20. The molecule has 0 saturated carbocycles. The number of aromatic nitrogens is 2. The van der Waals surface area contributed by atoms with E-state index in [1.807, 2.05) is 0 Å². The third-order valence-corrected chi connectivity index (χ3v) is 1.77. The largest absolute Gasteiger partial charge is 0.434 e. The zero-order valence-electron chi connectivity index (χ0n) is 7.59. The molecule has 1 aromatic heterocycles. The number of nitrogens with zero attached hydrogens (tertiary/aromatic N) is 4. The lowest BCUT2D eigenvalue weighted by atomic mass is 10.4. The minimum Gasteiger partial charge on any atom is -0.249 e. The van der Waals surface area contributed by atoms with E-state index in [0.717, 1.165) is 5.01 Å². The molecule has 0 bridgehead atoms. The van der Waals surface area contributed by atoms with Crippen LogP contribution in [0.1, 0.15) is 5.69 Å². The predicted molar refractivity (Wildman–Crippen MR) is 50.0 cm³/mol. The molecule has 0 unspecified atom stereocenters. The summed E-state index contributed by atoms with van der Waals surface area (Å²) in [5, 5.41) is 4.17. The Morgan fingerprint density at radius 2 is 2.13 bits per heavy atom. The molecule has 0 amide bonds. The average molecular weight is 239 g/mol. The Morgan fingerprint density at radius 3 is 2.53 bits per heavy atom. The second kappa shape index (κ2) is 4.01. The Bertz CT molecular complexity index is 379. The van der Waals surface area contributed by atoms with Gasteiger partial charge in [-0.15, -0.1) is 0 Å². The molecule has 0 fully saturated rings. The summed E-state index contributed by atoms with van der Waals surface area (Å²) in [6.45, 7) is 3.18. The van der Waals surface area contributed by atoms with Gasteiger partial charge in [0.1, 0.15) is 0 Å². The second-order valence-corrected chi connectivity index (χ2v) is 2.89. The van der Waals surface area contributed by atoms with Gasteiger partial charge in [0.25, 0.3) is 0 Å². The molecule has 8 heteroatoms. The molecule has 15 heavy (non-hydrogen) atoms. The molecule has 0 aliphatic rings. The van der Waals surface area contributed by atoms with Gasteiger partial charge in [-0.25, -0.2) is 15.0 Å². The first-order valence-electron chi connectivity index (χ1n) is 3.66. The topological polar surface area (TPSA) is 41.4 Å². The summed E-state index contributed by atoms with van der Waals surface area (Å²) in [7, 11) is 1.44. The molecule has 0 aromatic carbocycles. The van der Waals surface area contributed by atoms with Crippen molar-refractivity contribution < 1.29 is 13.2 Å². The molecule has 1 aromatic rings. The normalized spacial score (nSPS) is 11.3. The molecule has 4 nitrogen and oxygen atoms in total. The Balaban J connectivity index is 3.14. The van der Waals surface area contributed by atoms with Crippen LogP contribution < -0.4 is 5.01 Å². The number of rotatable bonds is 2. The van der Waals surface area contributed by atoms with Gasteiger partial charge in [-0.2, -0.15) is 18.3 Å². The van der Waals surface area contributed by atoms with Gasteiger partial charge >= 0.3 is 6.18 Å². The van der Waals surface area contributed by atoms with E-state index in [0.29, 0.717) is 6.20 Å². The fraction of sp³-hybridized carbons (Fsp3) is 0.286. The minimum atomic E-state index is -4.56. The molecular weight excluding hydrogens is 233 g/mol. The zero-order chi connectivity index (χ0) is 11.6. The molecule has 1 heterocycles. The van der Waals surface area contributed by atoms with E-state index in [-0.39, 0.29) is 11.0 Å². The van der Waals surface area contributed by atoms with Gasteiger partial charge < -0.3 is 0 Å². The number of anilines is 1. The van der Waals surface area contributed by atoms with Crippen molar-refractivity contribution in [1.82, 2.24) is 9.97 Å². The van der Waals surface area contributed by atoms with Crippen LogP contribution in [0.3, 0.4) is 0 Å². The maximum absolute atomic E-state index is 12.2. The van der Waals surface area contributed by atoms with Crippen LogP contribution in [-0.2, 0) is 6.18 Å². The molecule has 0 atom stereocenters. The SMILES string of the molecule is C=NN(C)c1ncc(C(F)(F)F)nc1Cl. The Kier molecular flexibility index (Phi) is 3.13. The van der Waals surface area contributed by atoms with Crippen molar-refractivity contribution in [3.63, 3.8) is 0 Å². The summed E-state index contributed by atoms with van der Waals surface area (Å²) in [6, 6.07) is 0. The third-order valence-electron chi connectivity index (χ3n) is 1.52. The number of hydrazone groups is 1. The van der Waals surface area contributed by atoms with Crippen molar-refractivity contribution >= 4 is 24.1 Å². The molecule has 0 saturated heterocycles. The fourth-order valence-corrected chi connectivity index (χ4v) is 1.04. The molecule has 0 aliphatic heterocycles. The van der Waals surface area contributed by atoms with Gasteiger partial charge in [0, 0.05) is 13.8 Å². The van der Waals surface area contributed by atoms with E-state index in [1.54, 1.807) is 0 Å². The van der Waals surface area contributed by atoms with Crippen LogP contribution in [0.5, 0.6) is 0 Å². The molecular formula is C7H6ClF3N4. The second-order valence-electron chi connectivity index (χ2n) is 2.53. The smallest absolute Gasteiger partial charge is 0.249 e. The quantitative estimate of drug-likeness (QED) is 0.586. The van der Waals surface area contributed by atoms with Crippen molar-refractivity contribution in [3.05, 3.63) is 17.0 Å². The van der Waals surface area contributed by atoms with Gasteiger partial charge in [-0.05, 0) is 0 Å². The van der Waals surface area contributed by atoms with Crippen LogP contribution >= 0.6 is 11.6 Å². The van der Waals surface area contributed by atoms with Crippen LogP contribution in [0.25, 0.3) is 0 Å². The molecule has 82 valence electrons. The fourth-order valence-electron chi connectivity index (χ4n) is 0.781. The van der Waals surface area contributed by atoms with Crippen LogP contribution in [-0.4, -0.2) is 23.7 Å². The monoisotopic (exact) mass is 238 g/mol. The van der Waals surface area contributed by atoms with Crippen molar-refractivity contribution in [2.75, 3.05) is 12.1 Å².